The van der Waals surface area contributed by atoms with E-state index < -0.39 is 0 Å². The van der Waals surface area contributed by atoms with Crippen LogP contribution in [0.4, 0.5) is 0 Å². The summed E-state index contributed by atoms with van der Waals surface area (Å²) in [7, 11) is 0. The first-order chi connectivity index (χ1) is 11.2. The van der Waals surface area contributed by atoms with Crippen LogP contribution in [0, 0.1) is 5.92 Å². The van der Waals surface area contributed by atoms with E-state index in [2.05, 4.69) is 5.32 Å². The molecule has 1 aliphatic heterocycles. The van der Waals surface area contributed by atoms with Gasteiger partial charge in [-0.25, -0.2) is 0 Å². The van der Waals surface area contributed by atoms with Gasteiger partial charge < -0.3 is 15.3 Å². The molecule has 0 bridgehead atoms. The second-order valence-electron chi connectivity index (χ2n) is 6.26. The predicted octanol–water partition coefficient (Wildman–Crippen LogP) is 1.77. The van der Waals surface area contributed by atoms with E-state index in [1.165, 1.54) is 17.4 Å². The molecular formula is C17H22N2O3S. The Morgan fingerprint density at radius 3 is 2.91 bits per heavy atom. The van der Waals surface area contributed by atoms with Crippen molar-refractivity contribution >= 4 is 29.2 Å². The van der Waals surface area contributed by atoms with Gasteiger partial charge in [0.15, 0.2) is 0 Å². The van der Waals surface area contributed by atoms with Crippen LogP contribution in [0.15, 0.2) is 17.5 Å². The average molecular weight is 334 g/mol. The number of rotatable bonds is 5. The number of amides is 2. The number of thiophene rings is 1. The van der Waals surface area contributed by atoms with Crippen molar-refractivity contribution in [3.05, 3.63) is 28.0 Å². The van der Waals surface area contributed by atoms with Crippen molar-refractivity contribution in [2.24, 2.45) is 5.92 Å². The van der Waals surface area contributed by atoms with E-state index in [0.717, 1.165) is 42.7 Å². The molecule has 2 aliphatic rings. The lowest BCUT2D eigenvalue weighted by Crippen LogP contribution is -2.49. The quantitative estimate of drug-likeness (QED) is 0.806. The molecule has 2 fully saturated rings. The smallest absolute Gasteiger partial charge is 0.244 e. The molecule has 2 heterocycles. The summed E-state index contributed by atoms with van der Waals surface area (Å²) >= 11 is 1.50. The van der Waals surface area contributed by atoms with Crippen molar-refractivity contribution in [2.75, 3.05) is 13.1 Å². The lowest BCUT2D eigenvalue weighted by Gasteiger charge is -2.33. The Kier molecular flexibility index (Phi) is 5.13. The molecule has 0 aromatic carbocycles. The van der Waals surface area contributed by atoms with Crippen molar-refractivity contribution in [1.82, 2.24) is 10.2 Å². The summed E-state index contributed by atoms with van der Waals surface area (Å²) in [6.45, 7) is 1.46. The van der Waals surface area contributed by atoms with Crippen molar-refractivity contribution in [1.29, 1.82) is 0 Å². The Labute approximate surface area is 140 Å². The second-order valence-corrected chi connectivity index (χ2v) is 7.20. The number of hydrogen-bond acceptors (Lipinski definition) is 4. The van der Waals surface area contributed by atoms with Gasteiger partial charge in [-0.1, -0.05) is 0 Å². The Hall–Kier alpha value is -1.66. The van der Waals surface area contributed by atoms with Crippen LogP contribution in [-0.4, -0.2) is 41.0 Å². The molecule has 23 heavy (non-hydrogen) atoms. The maximum absolute atomic E-state index is 12.1. The lowest BCUT2D eigenvalue weighted by atomic mass is 10.0. The summed E-state index contributed by atoms with van der Waals surface area (Å²) in [4.78, 5) is 27.0. The minimum absolute atomic E-state index is 0.0173. The highest BCUT2D eigenvalue weighted by molar-refractivity contribution is 7.11. The first-order valence-corrected chi connectivity index (χ1v) is 8.99. The van der Waals surface area contributed by atoms with Crippen molar-refractivity contribution in [2.45, 2.75) is 38.3 Å². The number of likely N-dealkylation sites (tertiary alicyclic amines) is 1. The number of hydrogen-bond donors (Lipinski definition) is 2. The van der Waals surface area contributed by atoms with Gasteiger partial charge in [0.1, 0.15) is 0 Å². The standard InChI is InChI=1S/C17H22N2O3S/c20-10-12-8-15(23-11-12)5-6-16(21)18-14-2-1-7-19(9-14)17(22)13-3-4-13/h5-6,8,11,13-14,20H,1-4,7,9-10H2,(H,18,21)/b6-5+. The molecule has 1 saturated carbocycles. The minimum Gasteiger partial charge on any atom is -0.392 e. The zero-order valence-corrected chi connectivity index (χ0v) is 13.8. The zero-order chi connectivity index (χ0) is 16.2. The van der Waals surface area contributed by atoms with Crippen molar-refractivity contribution in [3.8, 4) is 0 Å². The van der Waals surface area contributed by atoms with Crippen LogP contribution < -0.4 is 5.32 Å². The summed E-state index contributed by atoms with van der Waals surface area (Å²) < 4.78 is 0. The van der Waals surface area contributed by atoms with Gasteiger partial charge in [0, 0.05) is 36.0 Å². The van der Waals surface area contributed by atoms with E-state index in [1.54, 1.807) is 6.08 Å². The van der Waals surface area contributed by atoms with Gasteiger partial charge in [0.25, 0.3) is 0 Å². The molecule has 1 aromatic rings. The maximum Gasteiger partial charge on any atom is 0.244 e. The van der Waals surface area contributed by atoms with Gasteiger partial charge in [-0.15, -0.1) is 11.3 Å². The number of carbonyl (C=O) groups is 2. The number of carbonyl (C=O) groups excluding carboxylic acids is 2. The number of piperidine rings is 1. The fourth-order valence-corrected chi connectivity index (χ4v) is 3.65. The van der Waals surface area contributed by atoms with Gasteiger partial charge in [-0.2, -0.15) is 0 Å². The highest BCUT2D eigenvalue weighted by atomic mass is 32.1. The predicted molar refractivity (Wildman–Crippen MR) is 89.7 cm³/mol. The van der Waals surface area contributed by atoms with E-state index in [-0.39, 0.29) is 30.4 Å². The first kappa shape index (κ1) is 16.2. The molecule has 5 nitrogen and oxygen atoms in total. The Morgan fingerprint density at radius 2 is 2.22 bits per heavy atom. The van der Waals surface area contributed by atoms with Crippen LogP contribution in [0.1, 0.15) is 36.1 Å². The third-order valence-electron chi connectivity index (χ3n) is 4.26. The molecule has 1 aromatic heterocycles. The highest BCUT2D eigenvalue weighted by Crippen LogP contribution is 2.31. The average Bonchev–Trinajstić information content (AvgIpc) is 3.31. The summed E-state index contributed by atoms with van der Waals surface area (Å²) in [6.07, 6.45) is 7.18. The van der Waals surface area contributed by atoms with Crippen LogP contribution in [0.5, 0.6) is 0 Å². The number of aliphatic hydroxyl groups excluding tert-OH is 1. The van der Waals surface area contributed by atoms with Gasteiger partial charge in [0.05, 0.1) is 6.61 Å². The lowest BCUT2D eigenvalue weighted by molar-refractivity contribution is -0.134. The molecule has 2 amide bonds. The van der Waals surface area contributed by atoms with Crippen molar-refractivity contribution in [3.63, 3.8) is 0 Å². The number of nitrogens with one attached hydrogen (secondary N) is 1. The molecule has 0 radical (unpaired) electrons. The molecule has 1 saturated heterocycles. The molecule has 0 spiro atoms. The Balaban J connectivity index is 1.49. The van der Waals surface area contributed by atoms with Crippen molar-refractivity contribution < 1.29 is 14.7 Å². The van der Waals surface area contributed by atoms with E-state index >= 15 is 0 Å². The topological polar surface area (TPSA) is 69.6 Å². The summed E-state index contributed by atoms with van der Waals surface area (Å²) in [6, 6.07) is 1.91. The summed E-state index contributed by atoms with van der Waals surface area (Å²) in [5.41, 5.74) is 0.858. The van der Waals surface area contributed by atoms with Crippen LogP contribution >= 0.6 is 11.3 Å². The van der Waals surface area contributed by atoms with Gasteiger partial charge in [-0.3, -0.25) is 9.59 Å². The van der Waals surface area contributed by atoms with Crippen LogP contribution in [0.2, 0.25) is 0 Å². The van der Waals surface area contributed by atoms with Crippen LogP contribution in [0.3, 0.4) is 0 Å². The highest BCUT2D eigenvalue weighted by Gasteiger charge is 2.35. The molecule has 1 unspecified atom stereocenters. The van der Waals surface area contributed by atoms with Gasteiger partial charge >= 0.3 is 0 Å². The molecule has 1 atom stereocenters. The van der Waals surface area contributed by atoms with E-state index in [9.17, 15) is 9.59 Å². The van der Waals surface area contributed by atoms with Gasteiger partial charge in [-0.05, 0) is 48.8 Å². The van der Waals surface area contributed by atoms with E-state index in [1.807, 2.05) is 16.3 Å². The van der Waals surface area contributed by atoms with Gasteiger partial charge in [0.2, 0.25) is 11.8 Å². The van der Waals surface area contributed by atoms with E-state index in [4.69, 9.17) is 5.11 Å². The minimum atomic E-state index is -0.130. The molecule has 1 aliphatic carbocycles. The third kappa shape index (κ3) is 4.42. The molecular weight excluding hydrogens is 312 g/mol. The number of aliphatic hydroxyl groups is 1. The van der Waals surface area contributed by atoms with E-state index in [0.29, 0.717) is 6.54 Å². The molecule has 3 rings (SSSR count). The molecule has 6 heteroatoms. The SMILES string of the molecule is O=C(/C=C/c1cc(CO)cs1)NC1CCCN(C(=O)C2CC2)C1. The molecule has 124 valence electrons. The van der Waals surface area contributed by atoms with Crippen LogP contribution in [-0.2, 0) is 16.2 Å². The normalized spacial score (nSPS) is 21.6. The maximum atomic E-state index is 12.1. The fraction of sp³-hybridized carbons (Fsp3) is 0.529. The summed E-state index contributed by atoms with van der Waals surface area (Å²) in [5.74, 6) is 0.369. The summed E-state index contributed by atoms with van der Waals surface area (Å²) in [5, 5.41) is 13.9. The number of nitrogens with zero attached hydrogens (tertiary/aromatic N) is 1. The third-order valence-corrected chi connectivity index (χ3v) is 5.21. The monoisotopic (exact) mass is 334 g/mol. The Morgan fingerprint density at radius 1 is 1.39 bits per heavy atom. The zero-order valence-electron chi connectivity index (χ0n) is 13.0. The Bertz CT molecular complexity index is 607. The largest absolute Gasteiger partial charge is 0.392 e. The molecule has 2 N–H and O–H groups in total. The first-order valence-electron chi connectivity index (χ1n) is 8.11. The second kappa shape index (κ2) is 7.27. The fourth-order valence-electron chi connectivity index (χ4n) is 2.86. The van der Waals surface area contributed by atoms with Crippen LogP contribution in [0.25, 0.3) is 6.08 Å².